The van der Waals surface area contributed by atoms with E-state index in [1.807, 2.05) is 30.3 Å². The quantitative estimate of drug-likeness (QED) is 0.536. The van der Waals surface area contributed by atoms with Gasteiger partial charge in [0.05, 0.1) is 0 Å². The van der Waals surface area contributed by atoms with Gasteiger partial charge >= 0.3 is 0 Å². The summed E-state index contributed by atoms with van der Waals surface area (Å²) >= 11 is 0. The maximum atomic E-state index is 12.2. The van der Waals surface area contributed by atoms with Crippen LogP contribution < -0.4 is 10.1 Å². The standard InChI is InChI=1S/C28H39N3O2/c1-2-17-30(18-6-7-19-31-20-16-29-15-14-28(31)32)25-12-10-23-11-13-27(22-24(23)21-25)33-26-8-4-3-5-9-26/h3-5,8-9,11,13,22,25,29H,2,6-7,10,12,14-21H2,1H3. The molecular formula is C28H39N3O2. The third kappa shape index (κ3) is 6.81. The Kier molecular flexibility index (Phi) is 8.79. The van der Waals surface area contributed by atoms with Crippen molar-refractivity contribution in [2.24, 2.45) is 0 Å². The Labute approximate surface area is 199 Å². The van der Waals surface area contributed by atoms with Crippen LogP contribution in [-0.2, 0) is 17.6 Å². The molecule has 4 rings (SSSR count). The van der Waals surface area contributed by atoms with Gasteiger partial charge in [-0.2, -0.15) is 0 Å². The highest BCUT2D eigenvalue weighted by Gasteiger charge is 2.24. The lowest BCUT2D eigenvalue weighted by Gasteiger charge is -2.35. The molecule has 0 bridgehead atoms. The first kappa shape index (κ1) is 23.8. The maximum absolute atomic E-state index is 12.2. The van der Waals surface area contributed by atoms with Gasteiger partial charge in [0.1, 0.15) is 11.5 Å². The van der Waals surface area contributed by atoms with Crippen molar-refractivity contribution in [3.05, 3.63) is 59.7 Å². The molecule has 0 spiro atoms. The van der Waals surface area contributed by atoms with Crippen molar-refractivity contribution in [1.29, 1.82) is 0 Å². The van der Waals surface area contributed by atoms with Crippen molar-refractivity contribution in [2.75, 3.05) is 39.3 Å². The fourth-order valence-corrected chi connectivity index (χ4v) is 5.15. The fourth-order valence-electron chi connectivity index (χ4n) is 5.15. The van der Waals surface area contributed by atoms with Crippen LogP contribution in [0.2, 0.25) is 0 Å². The smallest absolute Gasteiger partial charge is 0.223 e. The molecule has 2 aromatic carbocycles. The van der Waals surface area contributed by atoms with Gasteiger partial charge in [-0.05, 0) is 87.0 Å². The highest BCUT2D eigenvalue weighted by atomic mass is 16.5. The van der Waals surface area contributed by atoms with Crippen LogP contribution in [0.3, 0.4) is 0 Å². The Hall–Kier alpha value is -2.37. The molecule has 178 valence electrons. The summed E-state index contributed by atoms with van der Waals surface area (Å²) in [5, 5.41) is 3.32. The Morgan fingerprint density at radius 2 is 1.88 bits per heavy atom. The zero-order chi connectivity index (χ0) is 22.9. The molecule has 2 aliphatic rings. The van der Waals surface area contributed by atoms with Gasteiger partial charge < -0.3 is 19.9 Å². The zero-order valence-corrected chi connectivity index (χ0v) is 20.1. The summed E-state index contributed by atoms with van der Waals surface area (Å²) in [7, 11) is 0. The van der Waals surface area contributed by atoms with Gasteiger partial charge in [0, 0.05) is 38.6 Å². The van der Waals surface area contributed by atoms with Crippen LogP contribution in [0.25, 0.3) is 0 Å². The number of carbonyl (C=O) groups excluding carboxylic acids is 1. The normalized spacial score (nSPS) is 18.8. The summed E-state index contributed by atoms with van der Waals surface area (Å²) in [6, 6.07) is 17.2. The van der Waals surface area contributed by atoms with Crippen molar-refractivity contribution in [3.8, 4) is 11.5 Å². The minimum atomic E-state index is 0.308. The van der Waals surface area contributed by atoms with E-state index in [4.69, 9.17) is 4.74 Å². The van der Waals surface area contributed by atoms with E-state index >= 15 is 0 Å². The van der Waals surface area contributed by atoms with E-state index in [2.05, 4.69) is 40.2 Å². The van der Waals surface area contributed by atoms with E-state index in [1.54, 1.807) is 0 Å². The Bertz CT molecular complexity index is 886. The van der Waals surface area contributed by atoms with Crippen molar-refractivity contribution >= 4 is 5.91 Å². The second-order valence-corrected chi connectivity index (χ2v) is 9.37. The lowest BCUT2D eigenvalue weighted by molar-refractivity contribution is -0.130. The monoisotopic (exact) mass is 449 g/mol. The third-order valence-corrected chi connectivity index (χ3v) is 6.94. The van der Waals surface area contributed by atoms with Gasteiger partial charge in [-0.1, -0.05) is 31.2 Å². The molecular weight excluding hydrogens is 410 g/mol. The molecule has 1 unspecified atom stereocenters. The second kappa shape index (κ2) is 12.2. The number of amides is 1. The molecule has 0 aromatic heterocycles. The largest absolute Gasteiger partial charge is 0.457 e. The van der Waals surface area contributed by atoms with E-state index in [1.165, 1.54) is 24.0 Å². The van der Waals surface area contributed by atoms with Crippen LogP contribution in [0, 0.1) is 0 Å². The number of rotatable bonds is 10. The van der Waals surface area contributed by atoms with Gasteiger partial charge in [-0.15, -0.1) is 0 Å². The van der Waals surface area contributed by atoms with E-state index < -0.39 is 0 Å². The topological polar surface area (TPSA) is 44.8 Å². The average Bonchev–Trinajstić information content (AvgIpc) is 3.05. The number of nitrogens with zero attached hydrogens (tertiary/aromatic N) is 2. The molecule has 1 saturated heterocycles. The minimum absolute atomic E-state index is 0.308. The van der Waals surface area contributed by atoms with Gasteiger partial charge in [-0.25, -0.2) is 0 Å². The Balaban J connectivity index is 1.31. The molecule has 1 atom stereocenters. The molecule has 1 amide bonds. The maximum Gasteiger partial charge on any atom is 0.223 e. The van der Waals surface area contributed by atoms with Gasteiger partial charge in [-0.3, -0.25) is 4.79 Å². The fraction of sp³-hybridized carbons (Fsp3) is 0.536. The summed E-state index contributed by atoms with van der Waals surface area (Å²) in [6.07, 6.45) is 7.51. The summed E-state index contributed by atoms with van der Waals surface area (Å²) in [5.74, 6) is 2.12. The molecule has 5 heteroatoms. The molecule has 1 aliphatic carbocycles. The molecule has 0 radical (unpaired) electrons. The molecule has 33 heavy (non-hydrogen) atoms. The first-order valence-electron chi connectivity index (χ1n) is 12.8. The van der Waals surface area contributed by atoms with E-state index in [-0.39, 0.29) is 0 Å². The lowest BCUT2D eigenvalue weighted by atomic mass is 9.87. The van der Waals surface area contributed by atoms with Crippen LogP contribution in [0.4, 0.5) is 0 Å². The van der Waals surface area contributed by atoms with Crippen molar-refractivity contribution in [3.63, 3.8) is 0 Å². The van der Waals surface area contributed by atoms with E-state index in [0.717, 1.165) is 76.5 Å². The summed E-state index contributed by atoms with van der Waals surface area (Å²) in [5.41, 5.74) is 2.90. The number of para-hydroxylation sites is 1. The predicted molar refractivity (Wildman–Crippen MR) is 134 cm³/mol. The zero-order valence-electron chi connectivity index (χ0n) is 20.1. The molecule has 1 heterocycles. The van der Waals surface area contributed by atoms with Crippen LogP contribution in [0.1, 0.15) is 50.2 Å². The first-order valence-corrected chi connectivity index (χ1v) is 12.8. The van der Waals surface area contributed by atoms with Crippen molar-refractivity contribution in [1.82, 2.24) is 15.1 Å². The summed E-state index contributed by atoms with van der Waals surface area (Å²) in [4.78, 5) is 17.0. The highest BCUT2D eigenvalue weighted by Crippen LogP contribution is 2.30. The van der Waals surface area contributed by atoms with Crippen LogP contribution in [0.5, 0.6) is 11.5 Å². The molecule has 1 aliphatic heterocycles. The third-order valence-electron chi connectivity index (χ3n) is 6.94. The van der Waals surface area contributed by atoms with Gasteiger partial charge in [0.2, 0.25) is 5.91 Å². The van der Waals surface area contributed by atoms with E-state index in [9.17, 15) is 4.79 Å². The van der Waals surface area contributed by atoms with Crippen LogP contribution >= 0.6 is 0 Å². The Morgan fingerprint density at radius 1 is 1.00 bits per heavy atom. The number of aryl methyl sites for hydroxylation is 1. The molecule has 0 saturated carbocycles. The van der Waals surface area contributed by atoms with Gasteiger partial charge in [0.25, 0.3) is 0 Å². The van der Waals surface area contributed by atoms with Crippen LogP contribution in [-0.4, -0.2) is 61.0 Å². The SMILES string of the molecule is CCCN(CCCCN1CCNCCC1=O)C1CCc2ccc(Oc3ccccc3)cc2C1. The summed E-state index contributed by atoms with van der Waals surface area (Å²) < 4.78 is 6.09. The number of fused-ring (bicyclic) bond motifs is 1. The number of hydrogen-bond donors (Lipinski definition) is 1. The second-order valence-electron chi connectivity index (χ2n) is 9.37. The lowest BCUT2D eigenvalue weighted by Crippen LogP contribution is -2.41. The average molecular weight is 450 g/mol. The number of ether oxygens (including phenoxy) is 1. The predicted octanol–water partition coefficient (Wildman–Crippen LogP) is 4.65. The Morgan fingerprint density at radius 3 is 2.73 bits per heavy atom. The molecule has 1 N–H and O–H groups in total. The van der Waals surface area contributed by atoms with Crippen molar-refractivity contribution < 1.29 is 9.53 Å². The number of benzene rings is 2. The van der Waals surface area contributed by atoms with Gasteiger partial charge in [0.15, 0.2) is 0 Å². The van der Waals surface area contributed by atoms with Crippen LogP contribution in [0.15, 0.2) is 48.5 Å². The number of unbranched alkanes of at least 4 members (excludes halogenated alkanes) is 1. The minimum Gasteiger partial charge on any atom is -0.457 e. The number of carbonyl (C=O) groups is 1. The summed E-state index contributed by atoms with van der Waals surface area (Å²) in [6.45, 7) is 8.03. The number of hydrogen-bond acceptors (Lipinski definition) is 4. The molecule has 2 aromatic rings. The highest BCUT2D eigenvalue weighted by molar-refractivity contribution is 5.76. The first-order chi connectivity index (χ1) is 16.2. The molecule has 1 fully saturated rings. The molecule has 5 nitrogen and oxygen atoms in total. The van der Waals surface area contributed by atoms with E-state index in [0.29, 0.717) is 18.4 Å². The van der Waals surface area contributed by atoms with Crippen molar-refractivity contribution in [2.45, 2.75) is 57.9 Å². The number of nitrogens with one attached hydrogen (secondary N) is 1.